The standard InChI is InChI=1S/C9H14O2/c1-4-6-8(5-2)7(3)9(10)11/h5,8H,2-4,6H2,1H3,(H,10,11). The van der Waals surface area contributed by atoms with Crippen LogP contribution >= 0.6 is 0 Å². The molecule has 0 aromatic heterocycles. The maximum atomic E-state index is 10.4. The van der Waals surface area contributed by atoms with Gasteiger partial charge in [-0.25, -0.2) is 4.79 Å². The van der Waals surface area contributed by atoms with Gasteiger partial charge in [0.2, 0.25) is 0 Å². The fraction of sp³-hybridized carbons (Fsp3) is 0.444. The Morgan fingerprint density at radius 3 is 2.55 bits per heavy atom. The second-order valence-electron chi connectivity index (χ2n) is 2.46. The molecular weight excluding hydrogens is 140 g/mol. The molecule has 0 aromatic carbocycles. The van der Waals surface area contributed by atoms with Crippen LogP contribution in [0.4, 0.5) is 0 Å². The van der Waals surface area contributed by atoms with Crippen LogP contribution < -0.4 is 0 Å². The van der Waals surface area contributed by atoms with Crippen LogP contribution in [0, 0.1) is 5.92 Å². The highest BCUT2D eigenvalue weighted by atomic mass is 16.4. The molecule has 0 aliphatic rings. The maximum absolute atomic E-state index is 10.4. The van der Waals surface area contributed by atoms with Gasteiger partial charge in [0.15, 0.2) is 0 Å². The number of hydrogen-bond donors (Lipinski definition) is 1. The molecule has 1 unspecified atom stereocenters. The van der Waals surface area contributed by atoms with Crippen molar-refractivity contribution in [1.82, 2.24) is 0 Å². The van der Waals surface area contributed by atoms with Crippen LogP contribution in [0.2, 0.25) is 0 Å². The molecule has 0 aliphatic carbocycles. The molecule has 0 bridgehead atoms. The zero-order valence-corrected chi connectivity index (χ0v) is 6.84. The molecule has 0 radical (unpaired) electrons. The molecule has 0 amide bonds. The van der Waals surface area contributed by atoms with E-state index in [1.165, 1.54) is 0 Å². The summed E-state index contributed by atoms with van der Waals surface area (Å²) in [7, 11) is 0. The topological polar surface area (TPSA) is 37.3 Å². The Hall–Kier alpha value is -1.05. The normalized spacial score (nSPS) is 12.1. The van der Waals surface area contributed by atoms with E-state index in [1.807, 2.05) is 6.92 Å². The van der Waals surface area contributed by atoms with Crippen LogP contribution in [0.3, 0.4) is 0 Å². The van der Waals surface area contributed by atoms with Gasteiger partial charge < -0.3 is 5.11 Å². The smallest absolute Gasteiger partial charge is 0.331 e. The van der Waals surface area contributed by atoms with Crippen LogP contribution in [0.15, 0.2) is 24.8 Å². The molecule has 0 aromatic rings. The highest BCUT2D eigenvalue weighted by Crippen LogP contribution is 2.16. The van der Waals surface area contributed by atoms with Crippen LogP contribution in [0.5, 0.6) is 0 Å². The van der Waals surface area contributed by atoms with Crippen molar-refractivity contribution in [3.8, 4) is 0 Å². The summed E-state index contributed by atoms with van der Waals surface area (Å²) in [6, 6.07) is 0. The van der Waals surface area contributed by atoms with Crippen LogP contribution in [0.1, 0.15) is 19.8 Å². The Bertz CT molecular complexity index is 170. The maximum Gasteiger partial charge on any atom is 0.331 e. The number of carboxylic acids is 1. The van der Waals surface area contributed by atoms with Crippen molar-refractivity contribution in [2.24, 2.45) is 5.92 Å². The first-order chi connectivity index (χ1) is 5.13. The summed E-state index contributed by atoms with van der Waals surface area (Å²) in [6.07, 6.45) is 3.40. The number of carboxylic acid groups (broad SMARTS) is 1. The van der Waals surface area contributed by atoms with E-state index in [0.29, 0.717) is 0 Å². The van der Waals surface area contributed by atoms with E-state index in [1.54, 1.807) is 6.08 Å². The van der Waals surface area contributed by atoms with Gasteiger partial charge in [0.25, 0.3) is 0 Å². The van der Waals surface area contributed by atoms with Crippen LogP contribution in [0.25, 0.3) is 0 Å². The number of rotatable bonds is 5. The fourth-order valence-corrected chi connectivity index (χ4v) is 0.904. The number of hydrogen-bond acceptors (Lipinski definition) is 1. The summed E-state index contributed by atoms with van der Waals surface area (Å²) >= 11 is 0. The average molecular weight is 154 g/mol. The molecule has 0 rings (SSSR count). The van der Waals surface area contributed by atoms with E-state index in [2.05, 4.69) is 13.2 Å². The molecule has 0 aliphatic heterocycles. The minimum absolute atomic E-state index is 0.0718. The Morgan fingerprint density at radius 1 is 1.73 bits per heavy atom. The van der Waals surface area contributed by atoms with Gasteiger partial charge in [-0.3, -0.25) is 0 Å². The molecule has 0 heterocycles. The highest BCUT2D eigenvalue weighted by molar-refractivity contribution is 5.86. The predicted octanol–water partition coefficient (Wildman–Crippen LogP) is 2.23. The monoisotopic (exact) mass is 154 g/mol. The lowest BCUT2D eigenvalue weighted by Crippen LogP contribution is -2.08. The molecule has 2 nitrogen and oxygen atoms in total. The van der Waals surface area contributed by atoms with Gasteiger partial charge in [-0.1, -0.05) is 26.0 Å². The second kappa shape index (κ2) is 4.72. The Kier molecular flexibility index (Phi) is 4.27. The first kappa shape index (κ1) is 9.95. The first-order valence-electron chi connectivity index (χ1n) is 3.68. The van der Waals surface area contributed by atoms with Crippen molar-refractivity contribution in [3.05, 3.63) is 24.8 Å². The third kappa shape index (κ3) is 3.03. The molecule has 11 heavy (non-hydrogen) atoms. The summed E-state index contributed by atoms with van der Waals surface area (Å²) in [5.74, 6) is -0.999. The summed E-state index contributed by atoms with van der Waals surface area (Å²) in [6.45, 7) is 9.04. The number of carbonyl (C=O) groups is 1. The molecule has 0 fully saturated rings. The zero-order chi connectivity index (χ0) is 8.85. The number of aliphatic carboxylic acids is 1. The lowest BCUT2D eigenvalue weighted by atomic mass is 9.96. The predicted molar refractivity (Wildman–Crippen MR) is 45.4 cm³/mol. The lowest BCUT2D eigenvalue weighted by Gasteiger charge is -2.09. The first-order valence-corrected chi connectivity index (χ1v) is 3.68. The molecule has 1 atom stereocenters. The summed E-state index contributed by atoms with van der Waals surface area (Å²) in [5.41, 5.74) is 0.238. The van der Waals surface area contributed by atoms with Crippen molar-refractivity contribution in [1.29, 1.82) is 0 Å². The largest absolute Gasteiger partial charge is 0.478 e. The second-order valence-corrected chi connectivity index (χ2v) is 2.46. The van der Waals surface area contributed by atoms with E-state index < -0.39 is 5.97 Å². The fourth-order valence-electron chi connectivity index (χ4n) is 0.904. The number of allylic oxidation sites excluding steroid dienone is 1. The minimum Gasteiger partial charge on any atom is -0.478 e. The van der Waals surface area contributed by atoms with E-state index in [4.69, 9.17) is 5.11 Å². The Labute approximate surface area is 67.2 Å². The van der Waals surface area contributed by atoms with Crippen molar-refractivity contribution >= 4 is 5.97 Å². The van der Waals surface area contributed by atoms with E-state index in [-0.39, 0.29) is 11.5 Å². The molecule has 0 spiro atoms. The summed E-state index contributed by atoms with van der Waals surface area (Å²) < 4.78 is 0. The van der Waals surface area contributed by atoms with E-state index in [9.17, 15) is 4.79 Å². The highest BCUT2D eigenvalue weighted by Gasteiger charge is 2.13. The molecule has 62 valence electrons. The average Bonchev–Trinajstić information content (AvgIpc) is 1.98. The van der Waals surface area contributed by atoms with Gasteiger partial charge in [-0.2, -0.15) is 0 Å². The van der Waals surface area contributed by atoms with Crippen molar-refractivity contribution in [2.75, 3.05) is 0 Å². The Balaban J connectivity index is 4.13. The van der Waals surface area contributed by atoms with Crippen LogP contribution in [-0.2, 0) is 4.79 Å². The van der Waals surface area contributed by atoms with Gasteiger partial charge in [0.1, 0.15) is 0 Å². The van der Waals surface area contributed by atoms with Gasteiger partial charge in [-0.15, -0.1) is 6.58 Å². The molecule has 2 heteroatoms. The van der Waals surface area contributed by atoms with Gasteiger partial charge >= 0.3 is 5.97 Å². The van der Waals surface area contributed by atoms with Gasteiger partial charge in [0.05, 0.1) is 0 Å². The van der Waals surface area contributed by atoms with Crippen LogP contribution in [-0.4, -0.2) is 11.1 Å². The summed E-state index contributed by atoms with van der Waals surface area (Å²) in [4.78, 5) is 10.4. The Morgan fingerprint density at radius 2 is 2.27 bits per heavy atom. The molecular formula is C9H14O2. The van der Waals surface area contributed by atoms with E-state index >= 15 is 0 Å². The van der Waals surface area contributed by atoms with Gasteiger partial charge in [-0.05, 0) is 6.42 Å². The summed E-state index contributed by atoms with van der Waals surface area (Å²) in [5, 5.41) is 8.56. The van der Waals surface area contributed by atoms with Crippen molar-refractivity contribution in [2.45, 2.75) is 19.8 Å². The van der Waals surface area contributed by atoms with Crippen molar-refractivity contribution < 1.29 is 9.90 Å². The van der Waals surface area contributed by atoms with Gasteiger partial charge in [0, 0.05) is 11.5 Å². The SMILES string of the molecule is C=CC(CCC)C(=C)C(=O)O. The minimum atomic E-state index is -0.927. The quantitative estimate of drug-likeness (QED) is 0.487. The zero-order valence-electron chi connectivity index (χ0n) is 6.84. The third-order valence-corrected chi connectivity index (χ3v) is 1.61. The molecule has 0 saturated heterocycles. The third-order valence-electron chi connectivity index (χ3n) is 1.61. The lowest BCUT2D eigenvalue weighted by molar-refractivity contribution is -0.133. The molecule has 1 N–H and O–H groups in total. The van der Waals surface area contributed by atoms with E-state index in [0.717, 1.165) is 12.8 Å². The molecule has 0 saturated carbocycles. The van der Waals surface area contributed by atoms with Crippen molar-refractivity contribution in [3.63, 3.8) is 0 Å².